The van der Waals surface area contributed by atoms with Gasteiger partial charge in [0.15, 0.2) is 17.9 Å². The van der Waals surface area contributed by atoms with Gasteiger partial charge in [0.2, 0.25) is 0 Å². The first kappa shape index (κ1) is 15.0. The zero-order valence-electron chi connectivity index (χ0n) is 14.5. The standard InChI is InChI=1S/C23H17FNO2/c24-17-4-5-18-19(11-17)22-20-3-1-2-8-25(20)21(18)12-23(22,15-6-9-26-13-15)16-7-10-27-14-16/h1-11,13-14,21-22H,12H2/q+1/t21-,22+/m1/s1. The van der Waals surface area contributed by atoms with Crippen LogP contribution in [0, 0.1) is 5.82 Å². The number of pyridine rings is 1. The van der Waals surface area contributed by atoms with E-state index in [0.717, 1.165) is 23.1 Å². The SMILES string of the molecule is Fc1ccc2c(c1)[C@H]1c3cccc[n+]3[C@@H]2CC1(c1ccoc1)c1ccoc1. The van der Waals surface area contributed by atoms with Crippen molar-refractivity contribution in [1.29, 1.82) is 0 Å². The molecule has 0 unspecified atom stereocenters. The summed E-state index contributed by atoms with van der Waals surface area (Å²) in [4.78, 5) is 0. The molecule has 3 nitrogen and oxygen atoms in total. The number of hydrogen-bond acceptors (Lipinski definition) is 2. The Balaban J connectivity index is 1.73. The van der Waals surface area contributed by atoms with Crippen LogP contribution in [0.4, 0.5) is 4.39 Å². The van der Waals surface area contributed by atoms with Crippen LogP contribution in [0.15, 0.2) is 88.6 Å². The summed E-state index contributed by atoms with van der Waals surface area (Å²) in [5, 5.41) is 0. The molecule has 1 aliphatic carbocycles. The van der Waals surface area contributed by atoms with Crippen LogP contribution < -0.4 is 4.57 Å². The van der Waals surface area contributed by atoms with Gasteiger partial charge >= 0.3 is 0 Å². The third-order valence-electron chi connectivity index (χ3n) is 6.35. The third-order valence-corrected chi connectivity index (χ3v) is 6.35. The number of furan rings is 2. The van der Waals surface area contributed by atoms with E-state index in [0.29, 0.717) is 0 Å². The van der Waals surface area contributed by atoms with E-state index in [1.165, 1.54) is 11.3 Å². The smallest absolute Gasteiger partial charge is 0.190 e. The Labute approximate surface area is 155 Å². The molecule has 0 fully saturated rings. The summed E-state index contributed by atoms with van der Waals surface area (Å²) in [5.41, 5.74) is 5.29. The van der Waals surface area contributed by atoms with Gasteiger partial charge in [0, 0.05) is 35.2 Å². The number of rotatable bonds is 2. The van der Waals surface area contributed by atoms with Gasteiger partial charge in [0.25, 0.3) is 0 Å². The molecule has 3 aromatic heterocycles. The molecule has 1 aromatic carbocycles. The maximum absolute atomic E-state index is 14.3. The Hall–Kier alpha value is -3.14. The summed E-state index contributed by atoms with van der Waals surface area (Å²) in [5.74, 6) is -0.221. The average molecular weight is 358 g/mol. The van der Waals surface area contributed by atoms with Gasteiger partial charge in [-0.05, 0) is 35.9 Å². The average Bonchev–Trinajstić information content (AvgIpc) is 3.42. The lowest BCUT2D eigenvalue weighted by atomic mass is 9.54. The van der Waals surface area contributed by atoms with E-state index >= 15 is 0 Å². The molecule has 0 radical (unpaired) electrons. The Bertz CT molecular complexity index is 1100. The number of nitrogens with zero attached hydrogens (tertiary/aromatic N) is 1. The van der Waals surface area contributed by atoms with Crippen LogP contribution in [0.1, 0.15) is 46.3 Å². The molecule has 0 spiro atoms. The molecule has 0 N–H and O–H groups in total. The molecule has 3 aliphatic rings. The van der Waals surface area contributed by atoms with Crippen molar-refractivity contribution in [3.63, 3.8) is 0 Å². The highest BCUT2D eigenvalue weighted by atomic mass is 19.1. The van der Waals surface area contributed by atoms with Crippen LogP contribution in [-0.2, 0) is 5.41 Å². The number of fused-ring (bicyclic) bond motifs is 1. The van der Waals surface area contributed by atoms with E-state index in [-0.39, 0.29) is 23.2 Å². The van der Waals surface area contributed by atoms with Gasteiger partial charge in [-0.2, -0.15) is 4.57 Å². The lowest BCUT2D eigenvalue weighted by Gasteiger charge is -2.48. The first-order chi connectivity index (χ1) is 13.3. The summed E-state index contributed by atoms with van der Waals surface area (Å²) in [6, 6.07) is 15.7. The van der Waals surface area contributed by atoms with Crippen LogP contribution in [0.5, 0.6) is 0 Å². The summed E-state index contributed by atoms with van der Waals surface area (Å²) >= 11 is 0. The van der Waals surface area contributed by atoms with Gasteiger partial charge < -0.3 is 8.83 Å². The first-order valence-corrected chi connectivity index (χ1v) is 9.14. The van der Waals surface area contributed by atoms with Gasteiger partial charge in [-0.25, -0.2) is 4.39 Å². The summed E-state index contributed by atoms with van der Waals surface area (Å²) in [7, 11) is 0. The second-order valence-corrected chi connectivity index (χ2v) is 7.45. The minimum absolute atomic E-state index is 0.0235. The van der Waals surface area contributed by atoms with Crippen molar-refractivity contribution in [3.05, 3.63) is 114 Å². The minimum Gasteiger partial charge on any atom is -0.472 e. The molecular weight excluding hydrogens is 341 g/mol. The van der Waals surface area contributed by atoms with Crippen molar-refractivity contribution < 1.29 is 17.8 Å². The van der Waals surface area contributed by atoms with Crippen molar-refractivity contribution in [2.45, 2.75) is 23.8 Å². The zero-order chi connectivity index (χ0) is 18.0. The third kappa shape index (κ3) is 1.82. The van der Waals surface area contributed by atoms with Gasteiger partial charge in [0.1, 0.15) is 5.82 Å². The molecule has 27 heavy (non-hydrogen) atoms. The Morgan fingerprint density at radius 2 is 1.70 bits per heavy atom. The number of halogens is 1. The molecule has 0 amide bonds. The summed E-state index contributed by atoms with van der Waals surface area (Å²) < 4.78 is 27.6. The quantitative estimate of drug-likeness (QED) is 0.485. The topological polar surface area (TPSA) is 30.2 Å². The molecule has 2 bridgehead atoms. The fourth-order valence-corrected chi connectivity index (χ4v) is 5.33. The number of benzene rings is 1. The van der Waals surface area contributed by atoms with Gasteiger partial charge in [-0.3, -0.25) is 0 Å². The van der Waals surface area contributed by atoms with E-state index < -0.39 is 0 Å². The molecule has 0 saturated carbocycles. The first-order valence-electron chi connectivity index (χ1n) is 9.14. The fourth-order valence-electron chi connectivity index (χ4n) is 5.33. The van der Waals surface area contributed by atoms with Crippen molar-refractivity contribution >= 4 is 0 Å². The highest BCUT2D eigenvalue weighted by Gasteiger charge is 2.60. The van der Waals surface area contributed by atoms with Crippen LogP contribution >= 0.6 is 0 Å². The predicted molar refractivity (Wildman–Crippen MR) is 95.8 cm³/mol. The molecular formula is C23H17FNO2+. The van der Waals surface area contributed by atoms with E-state index in [4.69, 9.17) is 8.83 Å². The minimum atomic E-state index is -0.354. The normalized spacial score (nSPS) is 21.7. The Kier molecular flexibility index (Phi) is 2.88. The monoisotopic (exact) mass is 358 g/mol. The molecule has 5 heterocycles. The second-order valence-electron chi connectivity index (χ2n) is 7.45. The fraction of sp³-hybridized carbons (Fsp3) is 0.174. The maximum Gasteiger partial charge on any atom is 0.190 e. The van der Waals surface area contributed by atoms with E-state index in [2.05, 4.69) is 29.0 Å². The van der Waals surface area contributed by atoms with Crippen molar-refractivity contribution in [2.75, 3.05) is 0 Å². The molecule has 0 saturated heterocycles. The highest BCUT2D eigenvalue weighted by molar-refractivity contribution is 5.53. The molecule has 2 aliphatic heterocycles. The van der Waals surface area contributed by atoms with Crippen molar-refractivity contribution in [2.24, 2.45) is 0 Å². The molecule has 132 valence electrons. The molecule has 4 heteroatoms. The predicted octanol–water partition coefficient (Wildman–Crippen LogP) is 4.72. The van der Waals surface area contributed by atoms with E-state index in [1.54, 1.807) is 24.7 Å². The Morgan fingerprint density at radius 3 is 2.41 bits per heavy atom. The van der Waals surface area contributed by atoms with Crippen LogP contribution in [0.2, 0.25) is 0 Å². The van der Waals surface area contributed by atoms with E-state index in [9.17, 15) is 4.39 Å². The molecule has 2 atom stereocenters. The Morgan fingerprint density at radius 1 is 0.926 bits per heavy atom. The maximum atomic E-state index is 14.3. The number of hydrogen-bond donors (Lipinski definition) is 0. The highest BCUT2D eigenvalue weighted by Crippen LogP contribution is 2.59. The van der Waals surface area contributed by atoms with Gasteiger partial charge in [0.05, 0.1) is 36.4 Å². The lowest BCUT2D eigenvalue weighted by molar-refractivity contribution is -0.732. The molecule has 7 rings (SSSR count). The zero-order valence-corrected chi connectivity index (χ0v) is 14.5. The van der Waals surface area contributed by atoms with Gasteiger partial charge in [-0.15, -0.1) is 0 Å². The van der Waals surface area contributed by atoms with Crippen LogP contribution in [-0.4, -0.2) is 0 Å². The summed E-state index contributed by atoms with van der Waals surface area (Å²) in [6.07, 6.45) is 10.1. The van der Waals surface area contributed by atoms with E-state index in [1.807, 2.05) is 30.7 Å². The lowest BCUT2D eigenvalue weighted by Crippen LogP contribution is -2.59. The van der Waals surface area contributed by atoms with Crippen LogP contribution in [0.3, 0.4) is 0 Å². The number of aromatic nitrogens is 1. The second kappa shape index (κ2) is 5.19. The van der Waals surface area contributed by atoms with Crippen molar-refractivity contribution in [1.82, 2.24) is 0 Å². The molecule has 4 aromatic rings. The van der Waals surface area contributed by atoms with Crippen molar-refractivity contribution in [3.8, 4) is 0 Å². The largest absolute Gasteiger partial charge is 0.472 e. The summed E-state index contributed by atoms with van der Waals surface area (Å²) in [6.45, 7) is 0. The van der Waals surface area contributed by atoms with Gasteiger partial charge in [-0.1, -0.05) is 6.07 Å². The van der Waals surface area contributed by atoms with Crippen LogP contribution in [0.25, 0.3) is 0 Å².